The number of hydrogen-bond donors (Lipinski definition) is 0. The first-order valence-electron chi connectivity index (χ1n) is 7.63. The predicted molar refractivity (Wildman–Crippen MR) is 89.2 cm³/mol. The Hall–Kier alpha value is -2.99. The van der Waals surface area contributed by atoms with Crippen molar-refractivity contribution >= 4 is 23.4 Å². The topological polar surface area (TPSA) is 76.3 Å². The van der Waals surface area contributed by atoms with E-state index < -0.39 is 0 Å². The van der Waals surface area contributed by atoms with Crippen molar-refractivity contribution in [1.82, 2.24) is 15.0 Å². The summed E-state index contributed by atoms with van der Waals surface area (Å²) in [6.45, 7) is -0.0467. The van der Waals surface area contributed by atoms with E-state index >= 15 is 0 Å². The van der Waals surface area contributed by atoms with Gasteiger partial charge >= 0.3 is 0 Å². The van der Waals surface area contributed by atoms with Gasteiger partial charge < -0.3 is 4.52 Å². The van der Waals surface area contributed by atoms with E-state index in [4.69, 9.17) is 16.1 Å². The summed E-state index contributed by atoms with van der Waals surface area (Å²) in [5, 5.41) is 4.54. The third-order valence-corrected chi connectivity index (χ3v) is 4.17. The van der Waals surface area contributed by atoms with Gasteiger partial charge in [0.2, 0.25) is 5.89 Å². The van der Waals surface area contributed by atoms with Gasteiger partial charge in [-0.2, -0.15) is 4.98 Å². The summed E-state index contributed by atoms with van der Waals surface area (Å²) in [6, 6.07) is 14.1. The zero-order valence-electron chi connectivity index (χ0n) is 13.0. The molecule has 0 saturated carbocycles. The molecule has 0 spiro atoms. The molecule has 1 aromatic heterocycles. The van der Waals surface area contributed by atoms with Crippen molar-refractivity contribution in [2.75, 3.05) is 0 Å². The van der Waals surface area contributed by atoms with Gasteiger partial charge in [0, 0.05) is 11.4 Å². The monoisotopic (exact) mass is 353 g/mol. The summed E-state index contributed by atoms with van der Waals surface area (Å²) in [5.41, 5.74) is 1.73. The summed E-state index contributed by atoms with van der Waals surface area (Å²) in [7, 11) is 0. The molecule has 0 aliphatic carbocycles. The second-order valence-electron chi connectivity index (χ2n) is 5.65. The molecule has 0 radical (unpaired) electrons. The Morgan fingerprint density at radius 3 is 2.40 bits per heavy atom. The molecule has 7 heteroatoms. The Kier molecular flexibility index (Phi) is 3.82. The first kappa shape index (κ1) is 15.5. The van der Waals surface area contributed by atoms with E-state index in [1.807, 2.05) is 18.2 Å². The van der Waals surface area contributed by atoms with Crippen molar-refractivity contribution in [2.45, 2.75) is 13.0 Å². The lowest BCUT2D eigenvalue weighted by Gasteiger charge is -2.09. The molecule has 0 bridgehead atoms. The van der Waals surface area contributed by atoms with Gasteiger partial charge in [-0.25, -0.2) is 0 Å². The van der Waals surface area contributed by atoms with E-state index in [-0.39, 0.29) is 24.2 Å². The Morgan fingerprint density at radius 2 is 1.72 bits per heavy atom. The highest BCUT2D eigenvalue weighted by molar-refractivity contribution is 6.30. The fourth-order valence-corrected chi connectivity index (χ4v) is 2.99. The molecule has 0 N–H and O–H groups in total. The van der Waals surface area contributed by atoms with Crippen molar-refractivity contribution in [2.24, 2.45) is 0 Å². The molecule has 6 nitrogen and oxygen atoms in total. The number of imide groups is 1. The van der Waals surface area contributed by atoms with Crippen LogP contribution in [0.25, 0.3) is 0 Å². The SMILES string of the molecule is O=C1c2ccccc2C(=O)N1Cc1nc(Cc2cccc(Cl)c2)no1. The van der Waals surface area contributed by atoms with Crippen LogP contribution in [0.15, 0.2) is 53.1 Å². The first-order valence-corrected chi connectivity index (χ1v) is 8.01. The smallest absolute Gasteiger partial charge is 0.262 e. The minimum atomic E-state index is -0.352. The molecule has 0 atom stereocenters. The van der Waals surface area contributed by atoms with Gasteiger partial charge in [-0.15, -0.1) is 0 Å². The number of halogens is 1. The molecular weight excluding hydrogens is 342 g/mol. The summed E-state index contributed by atoms with van der Waals surface area (Å²) in [4.78, 5) is 30.1. The van der Waals surface area contributed by atoms with Crippen LogP contribution in [-0.4, -0.2) is 26.9 Å². The van der Waals surface area contributed by atoms with Gasteiger partial charge in [-0.1, -0.05) is 41.0 Å². The maximum Gasteiger partial charge on any atom is 0.262 e. The van der Waals surface area contributed by atoms with Crippen LogP contribution in [0.1, 0.15) is 38.0 Å². The van der Waals surface area contributed by atoms with Crippen LogP contribution in [-0.2, 0) is 13.0 Å². The third kappa shape index (κ3) is 2.92. The number of rotatable bonds is 4. The maximum absolute atomic E-state index is 12.3. The summed E-state index contributed by atoms with van der Waals surface area (Å²) >= 11 is 5.96. The molecule has 2 aromatic carbocycles. The lowest BCUT2D eigenvalue weighted by atomic mass is 10.1. The molecule has 1 aliphatic rings. The molecule has 0 fully saturated rings. The van der Waals surface area contributed by atoms with E-state index in [9.17, 15) is 9.59 Å². The maximum atomic E-state index is 12.3. The van der Waals surface area contributed by atoms with Crippen LogP contribution in [0, 0.1) is 0 Å². The van der Waals surface area contributed by atoms with Crippen LogP contribution in [0.3, 0.4) is 0 Å². The molecule has 1 aliphatic heterocycles. The van der Waals surface area contributed by atoms with Gasteiger partial charge in [-0.05, 0) is 29.8 Å². The van der Waals surface area contributed by atoms with Crippen LogP contribution in [0.4, 0.5) is 0 Å². The molecule has 3 aromatic rings. The van der Waals surface area contributed by atoms with Gasteiger partial charge in [0.25, 0.3) is 11.8 Å². The van der Waals surface area contributed by atoms with Crippen LogP contribution in [0.5, 0.6) is 0 Å². The lowest BCUT2D eigenvalue weighted by Crippen LogP contribution is -2.29. The number of carbonyl (C=O) groups excluding carboxylic acids is 2. The number of nitrogens with zero attached hydrogens (tertiary/aromatic N) is 3. The number of aromatic nitrogens is 2. The normalized spacial score (nSPS) is 13.4. The van der Waals surface area contributed by atoms with Gasteiger partial charge in [0.1, 0.15) is 6.54 Å². The molecular formula is C18H12ClN3O3. The van der Waals surface area contributed by atoms with E-state index in [2.05, 4.69) is 10.1 Å². The fourth-order valence-electron chi connectivity index (χ4n) is 2.77. The van der Waals surface area contributed by atoms with Crippen molar-refractivity contribution in [3.05, 3.63) is 82.0 Å². The quantitative estimate of drug-likeness (QED) is 0.673. The van der Waals surface area contributed by atoms with Crippen LogP contribution < -0.4 is 0 Å². The van der Waals surface area contributed by atoms with Gasteiger partial charge in [-0.3, -0.25) is 14.5 Å². The predicted octanol–water partition coefficient (Wildman–Crippen LogP) is 3.11. The van der Waals surface area contributed by atoms with Crippen LogP contribution >= 0.6 is 11.6 Å². The Morgan fingerprint density at radius 1 is 1.00 bits per heavy atom. The molecule has 0 unspecified atom stereocenters. The second kappa shape index (κ2) is 6.14. The average molecular weight is 354 g/mol. The third-order valence-electron chi connectivity index (χ3n) is 3.93. The molecule has 124 valence electrons. The molecule has 0 saturated heterocycles. The zero-order valence-corrected chi connectivity index (χ0v) is 13.7. The standard InChI is InChI=1S/C18H12ClN3O3/c19-12-5-3-4-11(8-12)9-15-20-16(25-21-15)10-22-17(23)13-6-1-2-7-14(13)18(22)24/h1-8H,9-10H2. The minimum Gasteiger partial charge on any atom is -0.337 e. The van der Waals surface area contributed by atoms with E-state index in [0.717, 1.165) is 10.5 Å². The Labute approximate surface area is 148 Å². The van der Waals surface area contributed by atoms with E-state index in [1.54, 1.807) is 30.3 Å². The van der Waals surface area contributed by atoms with Gasteiger partial charge in [0.05, 0.1) is 11.1 Å². The van der Waals surface area contributed by atoms with Gasteiger partial charge in [0.15, 0.2) is 5.82 Å². The second-order valence-corrected chi connectivity index (χ2v) is 6.09. The van der Waals surface area contributed by atoms with Crippen molar-refractivity contribution in [3.63, 3.8) is 0 Å². The lowest BCUT2D eigenvalue weighted by molar-refractivity contribution is 0.0625. The number of benzene rings is 2. The van der Waals surface area contributed by atoms with E-state index in [1.165, 1.54) is 0 Å². The highest BCUT2D eigenvalue weighted by Crippen LogP contribution is 2.24. The highest BCUT2D eigenvalue weighted by atomic mass is 35.5. The molecule has 2 heterocycles. The Bertz CT molecular complexity index is 948. The Balaban J connectivity index is 1.51. The largest absolute Gasteiger partial charge is 0.337 e. The van der Waals surface area contributed by atoms with E-state index in [0.29, 0.717) is 28.4 Å². The number of hydrogen-bond acceptors (Lipinski definition) is 5. The zero-order chi connectivity index (χ0) is 17.4. The fraction of sp³-hybridized carbons (Fsp3) is 0.111. The molecule has 25 heavy (non-hydrogen) atoms. The number of carbonyl (C=O) groups is 2. The number of fused-ring (bicyclic) bond motifs is 1. The molecule has 4 rings (SSSR count). The average Bonchev–Trinajstić information content (AvgIpc) is 3.14. The van der Waals surface area contributed by atoms with Crippen LogP contribution in [0.2, 0.25) is 5.02 Å². The highest BCUT2D eigenvalue weighted by Gasteiger charge is 2.36. The van der Waals surface area contributed by atoms with Crippen molar-refractivity contribution < 1.29 is 14.1 Å². The van der Waals surface area contributed by atoms with Crippen molar-refractivity contribution in [3.8, 4) is 0 Å². The first-order chi connectivity index (χ1) is 12.1. The van der Waals surface area contributed by atoms with Crippen molar-refractivity contribution in [1.29, 1.82) is 0 Å². The minimum absolute atomic E-state index is 0.0467. The molecule has 2 amide bonds. The summed E-state index contributed by atoms with van der Waals surface area (Å²) in [6.07, 6.45) is 0.451. The summed E-state index contributed by atoms with van der Waals surface area (Å²) in [5.74, 6) is -0.0224. The summed E-state index contributed by atoms with van der Waals surface area (Å²) < 4.78 is 5.18. The number of amides is 2.